The first-order valence-electron chi connectivity index (χ1n) is 7.95. The standard InChI is InChI=1S/C20H13FN4O/c21-16-5-1-13(2-6-16)18-19(14-9-11-22-12-10-14)24-20(23-18)15-3-7-17(25-26)8-4-15/h1-12H,(H,23,24). The minimum Gasteiger partial charge on any atom is -0.337 e. The molecular formula is C20H13FN4O. The van der Waals surface area contributed by atoms with Crippen molar-refractivity contribution in [3.05, 3.63) is 83.8 Å². The second-order valence-corrected chi connectivity index (χ2v) is 5.69. The van der Waals surface area contributed by atoms with Crippen LogP contribution in [0.1, 0.15) is 0 Å². The Bertz CT molecular complexity index is 1040. The second kappa shape index (κ2) is 6.68. The third kappa shape index (κ3) is 3.00. The molecule has 126 valence electrons. The van der Waals surface area contributed by atoms with Gasteiger partial charge in [-0.05, 0) is 65.8 Å². The van der Waals surface area contributed by atoms with E-state index in [-0.39, 0.29) is 5.82 Å². The Labute approximate surface area is 148 Å². The van der Waals surface area contributed by atoms with Gasteiger partial charge in [-0.15, -0.1) is 4.91 Å². The van der Waals surface area contributed by atoms with E-state index in [2.05, 4.69) is 15.1 Å². The average Bonchev–Trinajstić information content (AvgIpc) is 3.15. The topological polar surface area (TPSA) is 71.0 Å². The van der Waals surface area contributed by atoms with Gasteiger partial charge in [0.2, 0.25) is 0 Å². The molecule has 0 atom stereocenters. The molecule has 4 aromatic rings. The van der Waals surface area contributed by atoms with E-state index >= 15 is 0 Å². The number of hydrogen-bond acceptors (Lipinski definition) is 4. The van der Waals surface area contributed by atoms with Crippen LogP contribution >= 0.6 is 0 Å². The van der Waals surface area contributed by atoms with Crippen molar-refractivity contribution in [2.24, 2.45) is 5.18 Å². The predicted octanol–water partition coefficient (Wildman–Crippen LogP) is 5.34. The van der Waals surface area contributed by atoms with E-state index in [4.69, 9.17) is 4.98 Å². The Kier molecular flexibility index (Phi) is 4.07. The summed E-state index contributed by atoms with van der Waals surface area (Å²) in [6.45, 7) is 0. The van der Waals surface area contributed by atoms with Crippen LogP contribution in [0.25, 0.3) is 33.9 Å². The second-order valence-electron chi connectivity index (χ2n) is 5.69. The molecular weight excluding hydrogens is 331 g/mol. The summed E-state index contributed by atoms with van der Waals surface area (Å²) in [5.41, 5.74) is 4.42. The van der Waals surface area contributed by atoms with Crippen LogP contribution < -0.4 is 0 Å². The van der Waals surface area contributed by atoms with Gasteiger partial charge in [-0.3, -0.25) is 4.98 Å². The Morgan fingerprint density at radius 3 is 2.12 bits per heavy atom. The number of rotatable bonds is 4. The maximum Gasteiger partial charge on any atom is 0.138 e. The molecule has 0 amide bonds. The number of nitroso groups, excluding NO2 is 1. The number of aromatic amines is 1. The van der Waals surface area contributed by atoms with Gasteiger partial charge in [0.25, 0.3) is 0 Å². The van der Waals surface area contributed by atoms with Crippen molar-refractivity contribution in [3.63, 3.8) is 0 Å². The molecule has 2 aromatic carbocycles. The lowest BCUT2D eigenvalue weighted by Gasteiger charge is -2.02. The number of halogens is 1. The number of H-pyrrole nitrogens is 1. The van der Waals surface area contributed by atoms with Gasteiger partial charge in [-0.2, -0.15) is 0 Å². The third-order valence-electron chi connectivity index (χ3n) is 4.04. The van der Waals surface area contributed by atoms with Gasteiger partial charge in [-0.25, -0.2) is 9.37 Å². The molecule has 0 aliphatic carbocycles. The van der Waals surface area contributed by atoms with Crippen molar-refractivity contribution in [1.29, 1.82) is 0 Å². The Morgan fingerprint density at radius 2 is 1.46 bits per heavy atom. The molecule has 2 heterocycles. The average molecular weight is 344 g/mol. The van der Waals surface area contributed by atoms with Crippen molar-refractivity contribution >= 4 is 5.69 Å². The normalized spacial score (nSPS) is 10.7. The Morgan fingerprint density at radius 1 is 0.808 bits per heavy atom. The van der Waals surface area contributed by atoms with Gasteiger partial charge in [0.05, 0.1) is 11.4 Å². The zero-order valence-electron chi connectivity index (χ0n) is 13.6. The summed E-state index contributed by atoms with van der Waals surface area (Å²) in [6.07, 6.45) is 3.41. The first-order chi connectivity index (χ1) is 12.7. The largest absolute Gasteiger partial charge is 0.337 e. The highest BCUT2D eigenvalue weighted by Gasteiger charge is 2.15. The van der Waals surface area contributed by atoms with Crippen LogP contribution in [0.5, 0.6) is 0 Å². The first kappa shape index (κ1) is 15.8. The Hall–Kier alpha value is -3.67. The Balaban J connectivity index is 1.86. The SMILES string of the molecule is O=Nc1ccc(-c2nc(-c3ccc(F)cc3)c(-c3ccncc3)[nH]2)cc1. The van der Waals surface area contributed by atoms with Gasteiger partial charge < -0.3 is 4.98 Å². The summed E-state index contributed by atoms with van der Waals surface area (Å²) < 4.78 is 13.3. The first-order valence-corrected chi connectivity index (χ1v) is 7.95. The maximum absolute atomic E-state index is 13.3. The molecule has 6 heteroatoms. The number of hydrogen-bond donors (Lipinski definition) is 1. The van der Waals surface area contributed by atoms with Crippen molar-refractivity contribution in [2.75, 3.05) is 0 Å². The van der Waals surface area contributed by atoms with E-state index in [9.17, 15) is 9.30 Å². The van der Waals surface area contributed by atoms with E-state index in [1.807, 2.05) is 12.1 Å². The summed E-state index contributed by atoms with van der Waals surface area (Å²) in [6, 6.07) is 16.8. The fraction of sp³-hybridized carbons (Fsp3) is 0. The lowest BCUT2D eigenvalue weighted by atomic mass is 10.1. The third-order valence-corrected chi connectivity index (χ3v) is 4.04. The van der Waals surface area contributed by atoms with E-state index in [0.717, 1.165) is 22.4 Å². The molecule has 0 bridgehead atoms. The molecule has 2 aromatic heterocycles. The summed E-state index contributed by atoms with van der Waals surface area (Å²) in [4.78, 5) is 22.7. The highest BCUT2D eigenvalue weighted by atomic mass is 19.1. The number of imidazole rings is 1. The van der Waals surface area contributed by atoms with E-state index < -0.39 is 0 Å². The molecule has 0 aliphatic rings. The van der Waals surface area contributed by atoms with Crippen molar-refractivity contribution in [2.45, 2.75) is 0 Å². The van der Waals surface area contributed by atoms with Crippen molar-refractivity contribution < 1.29 is 4.39 Å². The molecule has 4 rings (SSSR count). The minimum absolute atomic E-state index is 0.299. The van der Waals surface area contributed by atoms with Crippen LogP contribution in [0, 0.1) is 10.7 Å². The van der Waals surface area contributed by atoms with E-state index in [0.29, 0.717) is 17.2 Å². The van der Waals surface area contributed by atoms with Crippen molar-refractivity contribution in [3.8, 4) is 33.9 Å². The smallest absolute Gasteiger partial charge is 0.138 e. The van der Waals surface area contributed by atoms with Gasteiger partial charge in [-0.1, -0.05) is 0 Å². The number of aromatic nitrogens is 3. The molecule has 0 radical (unpaired) electrons. The summed E-state index contributed by atoms with van der Waals surface area (Å²) in [5.74, 6) is 0.348. The predicted molar refractivity (Wildman–Crippen MR) is 98.1 cm³/mol. The highest BCUT2D eigenvalue weighted by Crippen LogP contribution is 2.33. The molecule has 5 nitrogen and oxygen atoms in total. The van der Waals surface area contributed by atoms with Crippen LogP contribution in [-0.4, -0.2) is 15.0 Å². The molecule has 0 spiro atoms. The van der Waals surface area contributed by atoms with E-state index in [1.54, 1.807) is 48.8 Å². The van der Waals surface area contributed by atoms with Gasteiger partial charge >= 0.3 is 0 Å². The fourth-order valence-corrected chi connectivity index (χ4v) is 2.73. The zero-order chi connectivity index (χ0) is 17.9. The van der Waals surface area contributed by atoms with Gasteiger partial charge in [0, 0.05) is 29.1 Å². The molecule has 0 fully saturated rings. The lowest BCUT2D eigenvalue weighted by molar-refractivity contribution is 0.628. The van der Waals surface area contributed by atoms with Crippen LogP contribution in [0.2, 0.25) is 0 Å². The number of pyridine rings is 1. The molecule has 0 saturated heterocycles. The molecule has 0 saturated carbocycles. The quantitative estimate of drug-likeness (QED) is 0.508. The maximum atomic E-state index is 13.3. The molecule has 26 heavy (non-hydrogen) atoms. The van der Waals surface area contributed by atoms with Crippen LogP contribution in [-0.2, 0) is 0 Å². The molecule has 0 aliphatic heterocycles. The van der Waals surface area contributed by atoms with Gasteiger partial charge in [0.1, 0.15) is 17.3 Å². The highest BCUT2D eigenvalue weighted by molar-refractivity contribution is 5.81. The number of nitrogens with one attached hydrogen (secondary N) is 1. The van der Waals surface area contributed by atoms with Crippen molar-refractivity contribution in [1.82, 2.24) is 15.0 Å². The summed E-state index contributed by atoms with van der Waals surface area (Å²) in [7, 11) is 0. The molecule has 1 N–H and O–H groups in total. The van der Waals surface area contributed by atoms with Crippen LogP contribution in [0.15, 0.2) is 78.2 Å². The minimum atomic E-state index is -0.299. The number of nitrogens with zero attached hydrogens (tertiary/aromatic N) is 3. The van der Waals surface area contributed by atoms with Crippen LogP contribution in [0.3, 0.4) is 0 Å². The molecule has 0 unspecified atom stereocenters. The fourth-order valence-electron chi connectivity index (χ4n) is 2.73. The van der Waals surface area contributed by atoms with Gasteiger partial charge in [0.15, 0.2) is 0 Å². The lowest BCUT2D eigenvalue weighted by Crippen LogP contribution is -1.84. The number of benzene rings is 2. The summed E-state index contributed by atoms with van der Waals surface area (Å²) in [5, 5.41) is 2.91. The summed E-state index contributed by atoms with van der Waals surface area (Å²) >= 11 is 0. The van der Waals surface area contributed by atoms with Crippen LogP contribution in [0.4, 0.5) is 10.1 Å². The zero-order valence-corrected chi connectivity index (χ0v) is 13.6. The monoisotopic (exact) mass is 344 g/mol. The van der Waals surface area contributed by atoms with E-state index in [1.165, 1.54) is 12.1 Å².